The fraction of sp³-hybridized carbons (Fsp3) is 0.154. The number of imidazole rings is 1. The highest BCUT2D eigenvalue weighted by molar-refractivity contribution is 6.10. The van der Waals surface area contributed by atoms with Crippen molar-refractivity contribution in [1.82, 2.24) is 19.7 Å². The number of nitrogens with zero attached hydrogens (tertiary/aromatic N) is 3. The van der Waals surface area contributed by atoms with Crippen LogP contribution in [0.3, 0.4) is 0 Å². The van der Waals surface area contributed by atoms with Gasteiger partial charge in [-0.3, -0.25) is 0 Å². The average molecular weight is 542 g/mol. The number of H-pyrrole nitrogens is 1. The maximum absolute atomic E-state index is 11.3. The molecule has 3 aromatic carbocycles. The molecule has 0 unspecified atom stereocenters. The molecule has 0 spiro atoms. The third kappa shape index (κ3) is 5.06. The fourth-order valence-corrected chi connectivity index (χ4v) is 3.98. The highest BCUT2D eigenvalue weighted by Crippen LogP contribution is 2.37. The van der Waals surface area contributed by atoms with Crippen molar-refractivity contribution < 1.29 is 43.2 Å². The predicted octanol–water partition coefficient (Wildman–Crippen LogP) is 5.24. The van der Waals surface area contributed by atoms with Gasteiger partial charge in [-0.2, -0.15) is 18.3 Å². The number of benzene rings is 3. The van der Waals surface area contributed by atoms with Gasteiger partial charge in [-0.1, -0.05) is 12.1 Å². The lowest BCUT2D eigenvalue weighted by atomic mass is 10.0. The Morgan fingerprint density at radius 1 is 0.949 bits per heavy atom. The van der Waals surface area contributed by atoms with Gasteiger partial charge in [0.25, 0.3) is 0 Å². The number of hydrogen-bond acceptors (Lipinski definition) is 6. The second-order valence-electron chi connectivity index (χ2n) is 8.71. The van der Waals surface area contributed by atoms with E-state index in [1.165, 1.54) is 16.8 Å². The summed E-state index contributed by atoms with van der Waals surface area (Å²) >= 11 is 0. The van der Waals surface area contributed by atoms with Gasteiger partial charge in [-0.15, -0.1) is 0 Å². The van der Waals surface area contributed by atoms with E-state index in [9.17, 15) is 33.3 Å². The first kappa shape index (κ1) is 27.0. The van der Waals surface area contributed by atoms with Crippen LogP contribution in [0.1, 0.15) is 27.2 Å². The van der Waals surface area contributed by atoms with Crippen LogP contribution in [0.5, 0.6) is 11.6 Å². The Morgan fingerprint density at radius 2 is 1.62 bits per heavy atom. The number of aliphatic carboxylic acids is 1. The minimum absolute atomic E-state index is 0.00624. The molecule has 5 N–H and O–H groups in total. The van der Waals surface area contributed by atoms with Gasteiger partial charge in [0.1, 0.15) is 22.7 Å². The minimum Gasteiger partial charge on any atom is -0.507 e. The van der Waals surface area contributed by atoms with Crippen LogP contribution in [0.4, 0.5) is 13.2 Å². The Kier molecular flexibility index (Phi) is 6.69. The zero-order chi connectivity index (χ0) is 28.8. The number of carboxylic acid groups (broad SMARTS) is 2. The first-order chi connectivity index (χ1) is 18.2. The summed E-state index contributed by atoms with van der Waals surface area (Å²) in [7, 11) is 0. The SMILES string of the molecule is Cc1ccc(-n2nc(C)c(-c3nc4c(ccc5cc(C(=O)O)cc(O)c54)[nH]3)c2O)cc1C.O=C(O)C(F)(F)F. The zero-order valence-electron chi connectivity index (χ0n) is 20.6. The number of fused-ring (bicyclic) bond motifs is 3. The maximum atomic E-state index is 11.3. The highest BCUT2D eigenvalue weighted by atomic mass is 19.4. The molecule has 0 atom stereocenters. The van der Waals surface area contributed by atoms with Crippen molar-refractivity contribution in [3.8, 4) is 28.7 Å². The molecule has 13 heteroatoms. The van der Waals surface area contributed by atoms with Crippen LogP contribution in [0.2, 0.25) is 0 Å². The summed E-state index contributed by atoms with van der Waals surface area (Å²) in [6, 6.07) is 12.0. The average Bonchev–Trinajstić information content (AvgIpc) is 3.39. The van der Waals surface area contributed by atoms with Gasteiger partial charge in [0.2, 0.25) is 5.88 Å². The lowest BCUT2D eigenvalue weighted by molar-refractivity contribution is -0.192. The van der Waals surface area contributed by atoms with Gasteiger partial charge in [0, 0.05) is 0 Å². The van der Waals surface area contributed by atoms with E-state index in [0.717, 1.165) is 16.8 Å². The van der Waals surface area contributed by atoms with Crippen LogP contribution < -0.4 is 0 Å². The molecule has 0 aliphatic carbocycles. The highest BCUT2D eigenvalue weighted by Gasteiger charge is 2.38. The van der Waals surface area contributed by atoms with E-state index in [2.05, 4.69) is 15.1 Å². The van der Waals surface area contributed by atoms with Crippen molar-refractivity contribution in [3.63, 3.8) is 0 Å². The lowest BCUT2D eigenvalue weighted by Crippen LogP contribution is -2.21. The largest absolute Gasteiger partial charge is 0.507 e. The van der Waals surface area contributed by atoms with Crippen LogP contribution in [0.15, 0.2) is 42.5 Å². The number of halogens is 3. The Hall–Kier alpha value is -5.07. The molecular formula is C26H21F3N4O6. The second kappa shape index (κ2) is 9.67. The molecule has 0 aliphatic rings. The molecule has 0 radical (unpaired) electrons. The third-order valence-corrected chi connectivity index (χ3v) is 6.04. The van der Waals surface area contributed by atoms with Gasteiger partial charge in [0.15, 0.2) is 0 Å². The molecule has 2 aromatic heterocycles. The molecule has 0 fully saturated rings. The molecule has 5 aromatic rings. The third-order valence-electron chi connectivity index (χ3n) is 6.04. The normalized spacial score (nSPS) is 11.4. The number of aromatic carboxylic acids is 1. The molecule has 0 saturated heterocycles. The summed E-state index contributed by atoms with van der Waals surface area (Å²) in [5, 5.41) is 43.4. The lowest BCUT2D eigenvalue weighted by Gasteiger charge is -2.06. The number of hydrogen-bond donors (Lipinski definition) is 5. The Labute approximate surface area is 217 Å². The quantitative estimate of drug-likeness (QED) is 0.207. The van der Waals surface area contributed by atoms with Gasteiger partial charge in [-0.05, 0) is 67.6 Å². The van der Waals surface area contributed by atoms with Crippen molar-refractivity contribution in [2.24, 2.45) is 0 Å². The molecule has 39 heavy (non-hydrogen) atoms. The van der Waals surface area contributed by atoms with Crippen LogP contribution in [0, 0.1) is 20.8 Å². The van der Waals surface area contributed by atoms with Crippen molar-refractivity contribution in [2.45, 2.75) is 26.9 Å². The van der Waals surface area contributed by atoms with Crippen LogP contribution in [-0.2, 0) is 4.79 Å². The first-order valence-electron chi connectivity index (χ1n) is 11.2. The molecule has 0 bridgehead atoms. The number of aromatic amines is 1. The number of aromatic hydroxyl groups is 2. The fourth-order valence-electron chi connectivity index (χ4n) is 3.98. The van der Waals surface area contributed by atoms with Crippen molar-refractivity contribution in [1.29, 1.82) is 0 Å². The van der Waals surface area contributed by atoms with Crippen molar-refractivity contribution in [2.75, 3.05) is 0 Å². The molecule has 0 aliphatic heterocycles. The molecular weight excluding hydrogens is 521 g/mol. The summed E-state index contributed by atoms with van der Waals surface area (Å²) in [6.07, 6.45) is -5.08. The Balaban J connectivity index is 0.000000448. The number of carboxylic acids is 2. The minimum atomic E-state index is -5.08. The van der Waals surface area contributed by atoms with Gasteiger partial charge >= 0.3 is 18.1 Å². The number of alkyl halides is 3. The topological polar surface area (TPSA) is 162 Å². The number of carbonyl (C=O) groups is 2. The second-order valence-corrected chi connectivity index (χ2v) is 8.71. The molecule has 10 nitrogen and oxygen atoms in total. The van der Waals surface area contributed by atoms with Gasteiger partial charge in [0.05, 0.1) is 27.8 Å². The number of phenols is 1. The maximum Gasteiger partial charge on any atom is 0.490 e. The smallest absolute Gasteiger partial charge is 0.490 e. The molecule has 0 saturated carbocycles. The van der Waals surface area contributed by atoms with E-state index in [-0.39, 0.29) is 17.2 Å². The molecule has 202 valence electrons. The van der Waals surface area contributed by atoms with E-state index in [1.807, 2.05) is 32.0 Å². The number of phenolic OH excluding ortho intramolecular Hbond substituents is 1. The summed E-state index contributed by atoms with van der Waals surface area (Å²) in [5.74, 6) is -3.70. The van der Waals surface area contributed by atoms with E-state index >= 15 is 0 Å². The first-order valence-corrected chi connectivity index (χ1v) is 11.2. The number of aryl methyl sites for hydroxylation is 3. The van der Waals surface area contributed by atoms with Crippen LogP contribution in [-0.4, -0.2) is 58.3 Å². The monoisotopic (exact) mass is 542 g/mol. The molecule has 0 amide bonds. The number of nitrogens with one attached hydrogen (secondary N) is 1. The standard InChI is InChI=1S/C24H20N4O4.C2HF3O2/c1-11-4-6-16(8-12(11)2)28-23(30)19(13(3)27-28)22-25-17-7-5-14-9-15(24(31)32)10-18(29)20(14)21(17)26-22;3-2(4,5)1(6)7/h4-10,29-30H,1-3H3,(H,25,26)(H,31,32);(H,6,7). The number of aromatic nitrogens is 4. The van der Waals surface area contributed by atoms with Gasteiger partial charge < -0.3 is 25.4 Å². The van der Waals surface area contributed by atoms with E-state index in [4.69, 9.17) is 9.90 Å². The van der Waals surface area contributed by atoms with E-state index < -0.39 is 18.1 Å². The Morgan fingerprint density at radius 3 is 2.21 bits per heavy atom. The molecule has 2 heterocycles. The van der Waals surface area contributed by atoms with Crippen LogP contribution >= 0.6 is 0 Å². The summed E-state index contributed by atoms with van der Waals surface area (Å²) < 4.78 is 33.2. The summed E-state index contributed by atoms with van der Waals surface area (Å²) in [6.45, 7) is 5.81. The van der Waals surface area contributed by atoms with Crippen molar-refractivity contribution in [3.05, 3.63) is 64.8 Å². The Bertz CT molecular complexity index is 1770. The van der Waals surface area contributed by atoms with Crippen LogP contribution in [0.25, 0.3) is 38.9 Å². The predicted molar refractivity (Wildman–Crippen MR) is 134 cm³/mol. The van der Waals surface area contributed by atoms with Gasteiger partial charge in [-0.25, -0.2) is 19.3 Å². The summed E-state index contributed by atoms with van der Waals surface area (Å²) in [5.41, 5.74) is 5.12. The number of rotatable bonds is 3. The van der Waals surface area contributed by atoms with Crippen molar-refractivity contribution >= 4 is 33.7 Å². The summed E-state index contributed by atoms with van der Waals surface area (Å²) in [4.78, 5) is 28.0. The van der Waals surface area contributed by atoms with E-state index in [1.54, 1.807) is 19.1 Å². The molecule has 5 rings (SSSR count). The zero-order valence-corrected chi connectivity index (χ0v) is 20.6. The van der Waals surface area contributed by atoms with E-state index in [0.29, 0.717) is 38.9 Å².